The summed E-state index contributed by atoms with van der Waals surface area (Å²) in [6.07, 6.45) is -4.65. The van der Waals surface area contributed by atoms with Gasteiger partial charge in [-0.25, -0.2) is 4.98 Å². The number of nitrogens with zero attached hydrogens (tertiary/aromatic N) is 2. The molecule has 0 aliphatic carbocycles. The van der Waals surface area contributed by atoms with Crippen molar-refractivity contribution in [1.29, 1.82) is 0 Å². The average molecular weight is 384 g/mol. The van der Waals surface area contributed by atoms with E-state index in [4.69, 9.17) is 17.3 Å². The summed E-state index contributed by atoms with van der Waals surface area (Å²) in [5.41, 5.74) is 4.26. The van der Waals surface area contributed by atoms with E-state index >= 15 is 0 Å². The third kappa shape index (κ3) is 3.57. The zero-order valence-corrected chi connectivity index (χ0v) is 14.1. The minimum atomic E-state index is -4.65. The monoisotopic (exact) mass is 383 g/mol. The van der Waals surface area contributed by atoms with Gasteiger partial charge in [0, 0.05) is 11.8 Å². The largest absolute Gasteiger partial charge is 0.433 e. The topological polar surface area (TPSA) is 96.7 Å². The molecule has 2 heterocycles. The van der Waals surface area contributed by atoms with E-state index in [0.29, 0.717) is 21.5 Å². The molecular weight excluding hydrogens is 371 g/mol. The zero-order chi connectivity index (χ0) is 19.1. The van der Waals surface area contributed by atoms with Crippen LogP contribution in [0, 0.1) is 0 Å². The number of anilines is 2. The van der Waals surface area contributed by atoms with Crippen LogP contribution >= 0.6 is 11.6 Å². The number of alkyl halides is 3. The number of halogens is 4. The van der Waals surface area contributed by atoms with Crippen LogP contribution in [0.4, 0.5) is 24.9 Å². The summed E-state index contributed by atoms with van der Waals surface area (Å²) in [5, 5.41) is 4.06. The lowest BCUT2D eigenvalue weighted by Gasteiger charge is -2.16. The fourth-order valence-electron chi connectivity index (χ4n) is 2.52. The van der Waals surface area contributed by atoms with Crippen LogP contribution in [0.25, 0.3) is 10.8 Å². The van der Waals surface area contributed by atoms with E-state index in [0.717, 1.165) is 6.07 Å². The first kappa shape index (κ1) is 18.0. The third-order valence-corrected chi connectivity index (χ3v) is 4.02. The number of aromatic amines is 1. The fraction of sp³-hybridized carbons (Fsp3) is 0.188. The van der Waals surface area contributed by atoms with Gasteiger partial charge in [0.05, 0.1) is 16.5 Å². The minimum Gasteiger partial charge on any atom is -0.368 e. The number of pyridine rings is 1. The highest BCUT2D eigenvalue weighted by atomic mass is 35.5. The number of benzene rings is 1. The van der Waals surface area contributed by atoms with Crippen molar-refractivity contribution < 1.29 is 13.2 Å². The number of aromatic nitrogens is 3. The van der Waals surface area contributed by atoms with Crippen molar-refractivity contribution in [2.75, 3.05) is 11.1 Å². The fourth-order valence-corrected chi connectivity index (χ4v) is 2.78. The van der Waals surface area contributed by atoms with Crippen molar-refractivity contribution >= 4 is 34.1 Å². The lowest BCUT2D eigenvalue weighted by atomic mass is 10.1. The van der Waals surface area contributed by atoms with Crippen LogP contribution in [-0.4, -0.2) is 15.0 Å². The third-order valence-electron chi connectivity index (χ3n) is 3.71. The first-order valence-corrected chi connectivity index (χ1v) is 7.82. The van der Waals surface area contributed by atoms with Gasteiger partial charge in [-0.05, 0) is 24.4 Å². The second-order valence-electron chi connectivity index (χ2n) is 5.62. The molecule has 136 valence electrons. The Hall–Kier alpha value is -2.81. The quantitative estimate of drug-likeness (QED) is 0.640. The molecule has 1 atom stereocenters. The molecule has 0 radical (unpaired) electrons. The molecule has 0 saturated heterocycles. The number of nitrogen functional groups attached to an aromatic ring is 1. The van der Waals surface area contributed by atoms with E-state index in [-0.39, 0.29) is 5.82 Å². The summed E-state index contributed by atoms with van der Waals surface area (Å²) >= 11 is 6.03. The van der Waals surface area contributed by atoms with Crippen LogP contribution in [0.3, 0.4) is 0 Å². The van der Waals surface area contributed by atoms with Crippen molar-refractivity contribution in [3.8, 4) is 0 Å². The first-order chi connectivity index (χ1) is 12.1. The number of hydrogen-bond acceptors (Lipinski definition) is 5. The van der Waals surface area contributed by atoms with Crippen LogP contribution in [0.1, 0.15) is 24.4 Å². The molecule has 0 amide bonds. The summed E-state index contributed by atoms with van der Waals surface area (Å²) in [5.74, 6) is -0.613. The van der Waals surface area contributed by atoms with Crippen LogP contribution in [0.15, 0.2) is 35.1 Å². The second kappa shape index (κ2) is 6.49. The van der Waals surface area contributed by atoms with Gasteiger partial charge >= 0.3 is 6.18 Å². The molecule has 2 aromatic heterocycles. The Morgan fingerprint density at radius 3 is 2.69 bits per heavy atom. The molecule has 0 saturated carbocycles. The Kier molecular flexibility index (Phi) is 4.49. The highest BCUT2D eigenvalue weighted by Crippen LogP contribution is 2.30. The van der Waals surface area contributed by atoms with E-state index in [1.165, 1.54) is 0 Å². The SMILES string of the molecule is CC(Nc1cc(C(F)(F)F)nc(N)n1)c1cc2cccc(Cl)c2c(=O)[nH]1. The lowest BCUT2D eigenvalue weighted by Crippen LogP contribution is -2.18. The van der Waals surface area contributed by atoms with E-state index in [9.17, 15) is 18.0 Å². The van der Waals surface area contributed by atoms with Gasteiger partial charge in [-0.2, -0.15) is 18.2 Å². The van der Waals surface area contributed by atoms with Crippen LogP contribution in [0.5, 0.6) is 0 Å². The number of H-pyrrole nitrogens is 1. The number of nitrogens with one attached hydrogen (secondary N) is 2. The molecule has 3 rings (SSSR count). The molecule has 4 N–H and O–H groups in total. The summed E-state index contributed by atoms with van der Waals surface area (Å²) < 4.78 is 38.5. The molecule has 10 heteroatoms. The maximum absolute atomic E-state index is 12.8. The van der Waals surface area contributed by atoms with Gasteiger partial charge in [-0.15, -0.1) is 0 Å². The maximum Gasteiger partial charge on any atom is 0.433 e. The normalized spacial score (nSPS) is 13.0. The van der Waals surface area contributed by atoms with Crippen LogP contribution in [-0.2, 0) is 6.18 Å². The number of nitrogens with two attached hydrogens (primary N) is 1. The highest BCUT2D eigenvalue weighted by Gasteiger charge is 2.33. The molecule has 3 aromatic rings. The Bertz CT molecular complexity index is 1030. The summed E-state index contributed by atoms with van der Waals surface area (Å²) in [4.78, 5) is 21.9. The number of fused-ring (bicyclic) bond motifs is 1. The van der Waals surface area contributed by atoms with Gasteiger partial charge in [0.2, 0.25) is 5.95 Å². The van der Waals surface area contributed by atoms with Gasteiger partial charge in [0.15, 0.2) is 5.69 Å². The summed E-state index contributed by atoms with van der Waals surface area (Å²) in [6, 6.07) is 6.91. The molecule has 0 spiro atoms. The molecule has 0 fully saturated rings. The second-order valence-corrected chi connectivity index (χ2v) is 6.03. The van der Waals surface area contributed by atoms with Gasteiger partial charge in [0.25, 0.3) is 5.56 Å². The number of hydrogen-bond donors (Lipinski definition) is 3. The molecule has 0 bridgehead atoms. The van der Waals surface area contributed by atoms with Crippen LogP contribution < -0.4 is 16.6 Å². The molecule has 1 aromatic carbocycles. The van der Waals surface area contributed by atoms with Gasteiger partial charge in [-0.3, -0.25) is 4.79 Å². The molecule has 26 heavy (non-hydrogen) atoms. The Morgan fingerprint density at radius 1 is 1.27 bits per heavy atom. The van der Waals surface area contributed by atoms with E-state index in [1.807, 2.05) is 0 Å². The average Bonchev–Trinajstić information content (AvgIpc) is 2.53. The molecular formula is C16H13ClF3N5O. The zero-order valence-electron chi connectivity index (χ0n) is 13.4. The smallest absolute Gasteiger partial charge is 0.368 e. The lowest BCUT2D eigenvalue weighted by molar-refractivity contribution is -0.141. The van der Waals surface area contributed by atoms with Crippen molar-refractivity contribution in [3.63, 3.8) is 0 Å². The van der Waals surface area contributed by atoms with Gasteiger partial charge in [0.1, 0.15) is 5.82 Å². The van der Waals surface area contributed by atoms with Crippen LogP contribution in [0.2, 0.25) is 5.02 Å². The molecule has 1 unspecified atom stereocenters. The highest BCUT2D eigenvalue weighted by molar-refractivity contribution is 6.35. The molecule has 6 nitrogen and oxygen atoms in total. The minimum absolute atomic E-state index is 0.107. The molecule has 0 aliphatic heterocycles. The Labute approximate surface area is 150 Å². The first-order valence-electron chi connectivity index (χ1n) is 7.45. The van der Waals surface area contributed by atoms with E-state index < -0.39 is 29.4 Å². The summed E-state index contributed by atoms with van der Waals surface area (Å²) in [6.45, 7) is 1.66. The van der Waals surface area contributed by atoms with Crippen molar-refractivity contribution in [1.82, 2.24) is 15.0 Å². The Morgan fingerprint density at radius 2 is 2.00 bits per heavy atom. The van der Waals surface area contributed by atoms with Gasteiger partial charge in [-0.1, -0.05) is 23.7 Å². The summed E-state index contributed by atoms with van der Waals surface area (Å²) in [7, 11) is 0. The van der Waals surface area contributed by atoms with Gasteiger partial charge < -0.3 is 16.0 Å². The Balaban J connectivity index is 1.96. The van der Waals surface area contributed by atoms with Crippen molar-refractivity contribution in [2.24, 2.45) is 0 Å². The van der Waals surface area contributed by atoms with E-state index in [2.05, 4.69) is 20.3 Å². The predicted molar refractivity (Wildman–Crippen MR) is 93.1 cm³/mol. The maximum atomic E-state index is 12.8. The molecule has 0 aliphatic rings. The van der Waals surface area contributed by atoms with Crippen molar-refractivity contribution in [2.45, 2.75) is 19.1 Å². The predicted octanol–water partition coefficient (Wildman–Crippen LogP) is 3.75. The van der Waals surface area contributed by atoms with Crippen molar-refractivity contribution in [3.05, 3.63) is 57.1 Å². The number of rotatable bonds is 3. The van der Waals surface area contributed by atoms with E-state index in [1.54, 1.807) is 31.2 Å². The standard InChI is InChI=1S/C16H13ClF3N5O/c1-7(22-12-6-11(16(18,19)20)24-15(21)25-12)10-5-8-3-2-4-9(17)13(8)14(26)23-10/h2-7H,1H3,(H,23,26)(H3,21,22,24,25).